The van der Waals surface area contributed by atoms with Gasteiger partial charge in [0, 0.05) is 6.08 Å². The standard InChI is InChI=1S/C21H24F3NO6/c1-5-29-16(26)11-12-20(21(22,23)24)15(13-14-9-7-6-8-10-14)25(18(28)31-20)17(27)30-19(2,3)4/h6-12,15H,5,13H2,1-4H3/b12-11+/t15-,20-/m0/s1. The number of benzene rings is 1. The van der Waals surface area contributed by atoms with Crippen LogP contribution in [0.1, 0.15) is 33.3 Å². The van der Waals surface area contributed by atoms with Crippen molar-refractivity contribution >= 4 is 18.2 Å². The van der Waals surface area contributed by atoms with Gasteiger partial charge in [-0.1, -0.05) is 30.3 Å². The van der Waals surface area contributed by atoms with E-state index in [0.717, 1.165) is 0 Å². The highest BCUT2D eigenvalue weighted by atomic mass is 19.4. The van der Waals surface area contributed by atoms with E-state index in [0.29, 0.717) is 22.6 Å². The van der Waals surface area contributed by atoms with Crippen LogP contribution < -0.4 is 0 Å². The fourth-order valence-corrected chi connectivity index (χ4v) is 3.04. The molecule has 0 radical (unpaired) electrons. The Hall–Kier alpha value is -3.04. The fraction of sp³-hybridized carbons (Fsp3) is 0.476. The van der Waals surface area contributed by atoms with Gasteiger partial charge in [-0.25, -0.2) is 19.3 Å². The summed E-state index contributed by atoms with van der Waals surface area (Å²) in [5.41, 5.74) is -3.93. The zero-order chi connectivity index (χ0) is 23.4. The number of esters is 1. The summed E-state index contributed by atoms with van der Waals surface area (Å²) in [6.07, 6.45) is -7.39. The Bertz CT molecular complexity index is 847. The minimum absolute atomic E-state index is 0.0561. The van der Waals surface area contributed by atoms with Crippen LogP contribution in [0.5, 0.6) is 0 Å². The van der Waals surface area contributed by atoms with Crippen LogP contribution in [0.4, 0.5) is 22.8 Å². The molecule has 1 aromatic rings. The molecule has 1 heterocycles. The van der Waals surface area contributed by atoms with Gasteiger partial charge < -0.3 is 14.2 Å². The molecule has 10 heteroatoms. The predicted octanol–water partition coefficient (Wildman–Crippen LogP) is 4.41. The van der Waals surface area contributed by atoms with Gasteiger partial charge in [0.05, 0.1) is 6.61 Å². The Morgan fingerprint density at radius 2 is 1.81 bits per heavy atom. The Balaban J connectivity index is 2.58. The van der Waals surface area contributed by atoms with Gasteiger partial charge in [0.2, 0.25) is 5.60 Å². The molecule has 0 N–H and O–H groups in total. The van der Waals surface area contributed by atoms with Crippen molar-refractivity contribution < 1.29 is 41.8 Å². The lowest BCUT2D eigenvalue weighted by Gasteiger charge is -2.34. The molecule has 0 aromatic heterocycles. The van der Waals surface area contributed by atoms with Gasteiger partial charge in [-0.15, -0.1) is 0 Å². The first-order valence-corrected chi connectivity index (χ1v) is 9.52. The lowest BCUT2D eigenvalue weighted by atomic mass is 9.87. The SMILES string of the molecule is CCOC(=O)/C=C/[C@]1(C(F)(F)F)OC(=O)N(C(=O)OC(C)(C)C)[C@H]1Cc1ccccc1. The van der Waals surface area contributed by atoms with Crippen molar-refractivity contribution in [2.45, 2.75) is 57.5 Å². The quantitative estimate of drug-likeness (QED) is 0.381. The fourth-order valence-electron chi connectivity index (χ4n) is 3.04. The second kappa shape index (κ2) is 8.99. The van der Waals surface area contributed by atoms with E-state index >= 15 is 0 Å². The van der Waals surface area contributed by atoms with Crippen LogP contribution in [0, 0.1) is 0 Å². The number of alkyl halides is 3. The summed E-state index contributed by atoms with van der Waals surface area (Å²) in [7, 11) is 0. The largest absolute Gasteiger partial charge is 0.463 e. The van der Waals surface area contributed by atoms with Gasteiger partial charge in [0.1, 0.15) is 11.6 Å². The minimum atomic E-state index is -5.15. The van der Waals surface area contributed by atoms with E-state index in [1.807, 2.05) is 0 Å². The topological polar surface area (TPSA) is 82.1 Å². The Morgan fingerprint density at radius 1 is 1.19 bits per heavy atom. The number of amides is 2. The summed E-state index contributed by atoms with van der Waals surface area (Å²) in [5.74, 6) is -1.05. The van der Waals surface area contributed by atoms with Crippen LogP contribution in [-0.2, 0) is 25.4 Å². The number of hydrogen-bond donors (Lipinski definition) is 0. The number of carbonyl (C=O) groups is 3. The van der Waals surface area contributed by atoms with Crippen LogP contribution >= 0.6 is 0 Å². The predicted molar refractivity (Wildman–Crippen MR) is 103 cm³/mol. The third-order valence-electron chi connectivity index (χ3n) is 4.32. The van der Waals surface area contributed by atoms with Crippen LogP contribution in [0.2, 0.25) is 0 Å². The third kappa shape index (κ3) is 5.56. The Labute approximate surface area is 177 Å². The van der Waals surface area contributed by atoms with Crippen molar-refractivity contribution in [3.8, 4) is 0 Å². The number of carbonyl (C=O) groups excluding carboxylic acids is 3. The van der Waals surface area contributed by atoms with Gasteiger partial charge in [0.15, 0.2) is 0 Å². The first-order valence-electron chi connectivity index (χ1n) is 9.52. The molecule has 0 bridgehead atoms. The first kappa shape index (κ1) is 24.2. The van der Waals surface area contributed by atoms with Crippen LogP contribution in [-0.4, -0.2) is 53.1 Å². The summed E-state index contributed by atoms with van der Waals surface area (Å²) in [4.78, 5) is 37.1. The van der Waals surface area contributed by atoms with E-state index in [-0.39, 0.29) is 6.61 Å². The second-order valence-electron chi connectivity index (χ2n) is 7.80. The van der Waals surface area contributed by atoms with E-state index in [1.54, 1.807) is 30.3 Å². The maximum atomic E-state index is 14.3. The van der Waals surface area contributed by atoms with E-state index < -0.39 is 48.0 Å². The maximum absolute atomic E-state index is 14.3. The summed E-state index contributed by atoms with van der Waals surface area (Å²) in [6, 6.07) is 6.12. The van der Waals surface area contributed by atoms with E-state index in [9.17, 15) is 27.6 Å². The summed E-state index contributed by atoms with van der Waals surface area (Å²) < 4.78 is 57.4. The van der Waals surface area contributed by atoms with Crippen molar-refractivity contribution in [2.75, 3.05) is 6.61 Å². The molecule has 2 rings (SSSR count). The first-order chi connectivity index (χ1) is 14.3. The zero-order valence-electron chi connectivity index (χ0n) is 17.6. The van der Waals surface area contributed by atoms with Crippen LogP contribution in [0.15, 0.2) is 42.5 Å². The average molecular weight is 443 g/mol. The average Bonchev–Trinajstić information content (AvgIpc) is 2.92. The Kier molecular flexibility index (Phi) is 7.03. The number of imide groups is 1. The zero-order valence-corrected chi connectivity index (χ0v) is 17.6. The van der Waals surface area contributed by atoms with E-state index in [2.05, 4.69) is 4.74 Å². The van der Waals surface area contributed by atoms with Crippen molar-refractivity contribution in [1.82, 2.24) is 4.90 Å². The number of hydrogen-bond acceptors (Lipinski definition) is 6. The lowest BCUT2D eigenvalue weighted by molar-refractivity contribution is -0.236. The molecule has 0 spiro atoms. The molecular weight excluding hydrogens is 419 g/mol. The number of halogens is 3. The molecule has 1 aromatic carbocycles. The molecule has 0 saturated carbocycles. The molecule has 0 aliphatic carbocycles. The van der Waals surface area contributed by atoms with Crippen LogP contribution in [0.25, 0.3) is 0 Å². The molecule has 1 fully saturated rings. The number of ether oxygens (including phenoxy) is 3. The summed E-state index contributed by atoms with van der Waals surface area (Å²) >= 11 is 0. The molecule has 1 aliphatic rings. The highest BCUT2D eigenvalue weighted by molar-refractivity contribution is 5.91. The highest BCUT2D eigenvalue weighted by Crippen LogP contribution is 2.46. The van der Waals surface area contributed by atoms with Gasteiger partial charge in [0.25, 0.3) is 0 Å². The number of cyclic esters (lactones) is 1. The minimum Gasteiger partial charge on any atom is -0.463 e. The van der Waals surface area contributed by atoms with E-state index in [1.165, 1.54) is 27.7 Å². The summed E-state index contributed by atoms with van der Waals surface area (Å²) in [5, 5.41) is 0. The molecule has 31 heavy (non-hydrogen) atoms. The van der Waals surface area contributed by atoms with Crippen molar-refractivity contribution in [3.63, 3.8) is 0 Å². The van der Waals surface area contributed by atoms with E-state index in [4.69, 9.17) is 9.47 Å². The molecule has 1 saturated heterocycles. The molecule has 0 unspecified atom stereocenters. The van der Waals surface area contributed by atoms with Gasteiger partial charge >= 0.3 is 24.3 Å². The number of rotatable bonds is 5. The maximum Gasteiger partial charge on any atom is 0.434 e. The molecule has 2 amide bonds. The molecule has 1 aliphatic heterocycles. The van der Waals surface area contributed by atoms with Crippen molar-refractivity contribution in [1.29, 1.82) is 0 Å². The summed E-state index contributed by atoms with van der Waals surface area (Å²) in [6.45, 7) is 5.96. The van der Waals surface area contributed by atoms with Gasteiger partial charge in [-0.3, -0.25) is 0 Å². The highest BCUT2D eigenvalue weighted by Gasteiger charge is 2.69. The smallest absolute Gasteiger partial charge is 0.434 e. The molecule has 2 atom stereocenters. The van der Waals surface area contributed by atoms with Gasteiger partial charge in [-0.05, 0) is 45.8 Å². The molecular formula is C21H24F3NO6. The van der Waals surface area contributed by atoms with Gasteiger partial charge in [-0.2, -0.15) is 13.2 Å². The third-order valence-corrected chi connectivity index (χ3v) is 4.32. The monoisotopic (exact) mass is 443 g/mol. The van der Waals surface area contributed by atoms with Crippen molar-refractivity contribution in [3.05, 3.63) is 48.0 Å². The normalized spacial score (nSPS) is 21.8. The second-order valence-corrected chi connectivity index (χ2v) is 7.80. The lowest BCUT2D eigenvalue weighted by Crippen LogP contribution is -2.56. The van der Waals surface area contributed by atoms with Crippen LogP contribution in [0.3, 0.4) is 0 Å². The Morgan fingerprint density at radius 3 is 2.32 bits per heavy atom. The van der Waals surface area contributed by atoms with Crippen molar-refractivity contribution in [2.24, 2.45) is 0 Å². The molecule has 170 valence electrons. The number of nitrogens with zero attached hydrogens (tertiary/aromatic N) is 1. The molecule has 7 nitrogen and oxygen atoms in total.